The Bertz CT molecular complexity index is 771. The zero-order chi connectivity index (χ0) is 14.1. The molecule has 0 saturated heterocycles. The van der Waals surface area contributed by atoms with E-state index >= 15 is 0 Å². The highest BCUT2D eigenvalue weighted by Gasteiger charge is 2.13. The third-order valence-corrected chi connectivity index (χ3v) is 3.28. The molecule has 0 bridgehead atoms. The van der Waals surface area contributed by atoms with Crippen LogP contribution in [0.15, 0.2) is 30.6 Å². The average Bonchev–Trinajstić information content (AvgIpc) is 3.06. The molecule has 0 unspecified atom stereocenters. The van der Waals surface area contributed by atoms with Gasteiger partial charge in [0.05, 0.1) is 11.7 Å². The van der Waals surface area contributed by atoms with E-state index in [1.54, 1.807) is 23.1 Å². The monoisotopic (exact) mass is 269 g/mol. The number of carbonyl (C=O) groups is 1. The van der Waals surface area contributed by atoms with E-state index in [4.69, 9.17) is 0 Å². The van der Waals surface area contributed by atoms with E-state index in [2.05, 4.69) is 20.6 Å². The van der Waals surface area contributed by atoms with Gasteiger partial charge >= 0.3 is 0 Å². The maximum absolute atomic E-state index is 12.3. The summed E-state index contributed by atoms with van der Waals surface area (Å²) < 4.78 is 1.67. The summed E-state index contributed by atoms with van der Waals surface area (Å²) in [5.74, 6) is -0.157. The van der Waals surface area contributed by atoms with Crippen LogP contribution in [0.3, 0.4) is 0 Å². The predicted molar refractivity (Wildman–Crippen MR) is 76.7 cm³/mol. The Balaban J connectivity index is 1.92. The van der Waals surface area contributed by atoms with Crippen molar-refractivity contribution in [2.45, 2.75) is 20.4 Å². The van der Waals surface area contributed by atoms with Crippen molar-refractivity contribution in [2.24, 2.45) is 0 Å². The third-order valence-electron chi connectivity index (χ3n) is 3.28. The number of fused-ring (bicyclic) bond motifs is 1. The Morgan fingerprint density at radius 2 is 2.30 bits per heavy atom. The number of nitrogens with zero attached hydrogens (tertiary/aromatic N) is 3. The zero-order valence-electron chi connectivity index (χ0n) is 11.3. The smallest absolute Gasteiger partial charge is 0.273 e. The van der Waals surface area contributed by atoms with Gasteiger partial charge in [-0.15, -0.1) is 0 Å². The third kappa shape index (κ3) is 2.05. The second-order valence-electron chi connectivity index (χ2n) is 4.61. The van der Waals surface area contributed by atoms with E-state index in [1.807, 2.05) is 26.0 Å². The van der Waals surface area contributed by atoms with E-state index in [1.165, 1.54) is 0 Å². The molecule has 3 rings (SSSR count). The molecular formula is C14H15N5O. The van der Waals surface area contributed by atoms with Gasteiger partial charge in [0.2, 0.25) is 0 Å². The maximum atomic E-state index is 12.3. The summed E-state index contributed by atoms with van der Waals surface area (Å²) >= 11 is 0. The van der Waals surface area contributed by atoms with Gasteiger partial charge < -0.3 is 5.32 Å². The largest absolute Gasteiger partial charge is 0.320 e. The Kier molecular flexibility index (Phi) is 2.98. The Hall–Kier alpha value is -2.63. The highest BCUT2D eigenvalue weighted by Crippen LogP contribution is 2.22. The Morgan fingerprint density at radius 1 is 1.45 bits per heavy atom. The van der Waals surface area contributed by atoms with Crippen LogP contribution >= 0.6 is 0 Å². The summed E-state index contributed by atoms with van der Waals surface area (Å²) in [4.78, 5) is 12.3. The first-order valence-corrected chi connectivity index (χ1v) is 6.46. The van der Waals surface area contributed by atoms with Gasteiger partial charge in [-0.25, -0.2) is 0 Å². The molecule has 0 radical (unpaired) electrons. The number of aromatic nitrogens is 4. The standard InChI is InChI=1S/C14H15N5O/c1-3-19-13(4-5-16-19)14(20)17-11-7-10-8-15-18-12(10)6-9(11)2/h4-8H,3H2,1-2H3,(H,15,18)(H,17,20). The van der Waals surface area contributed by atoms with Crippen LogP contribution < -0.4 is 5.32 Å². The summed E-state index contributed by atoms with van der Waals surface area (Å²) in [6, 6.07) is 5.60. The lowest BCUT2D eigenvalue weighted by molar-refractivity contribution is 0.101. The van der Waals surface area contributed by atoms with Crippen LogP contribution in [0, 0.1) is 6.92 Å². The SMILES string of the molecule is CCn1nccc1C(=O)Nc1cc2cn[nH]c2cc1C. The van der Waals surface area contributed by atoms with Gasteiger partial charge in [-0.2, -0.15) is 10.2 Å². The molecule has 0 spiro atoms. The molecule has 2 aromatic heterocycles. The Morgan fingerprint density at radius 3 is 3.10 bits per heavy atom. The molecule has 0 fully saturated rings. The van der Waals surface area contributed by atoms with Crippen LogP contribution in [0.4, 0.5) is 5.69 Å². The lowest BCUT2D eigenvalue weighted by Crippen LogP contribution is -2.17. The number of amides is 1. The molecule has 1 aromatic carbocycles. The number of rotatable bonds is 3. The lowest BCUT2D eigenvalue weighted by Gasteiger charge is -2.09. The molecule has 1 amide bonds. The van der Waals surface area contributed by atoms with Crippen molar-refractivity contribution in [1.82, 2.24) is 20.0 Å². The fourth-order valence-electron chi connectivity index (χ4n) is 2.20. The van der Waals surface area contributed by atoms with Crippen molar-refractivity contribution in [2.75, 3.05) is 5.32 Å². The van der Waals surface area contributed by atoms with Crippen LogP contribution in [-0.4, -0.2) is 25.9 Å². The molecule has 3 aromatic rings. The highest BCUT2D eigenvalue weighted by molar-refractivity contribution is 6.04. The summed E-state index contributed by atoms with van der Waals surface area (Å²) in [7, 11) is 0. The molecule has 2 N–H and O–H groups in total. The number of H-pyrrole nitrogens is 1. The minimum atomic E-state index is -0.157. The van der Waals surface area contributed by atoms with Crippen LogP contribution in [-0.2, 0) is 6.54 Å². The highest BCUT2D eigenvalue weighted by atomic mass is 16.2. The van der Waals surface area contributed by atoms with Crippen LogP contribution in [0.2, 0.25) is 0 Å². The second-order valence-corrected chi connectivity index (χ2v) is 4.61. The van der Waals surface area contributed by atoms with E-state index < -0.39 is 0 Å². The zero-order valence-corrected chi connectivity index (χ0v) is 11.3. The van der Waals surface area contributed by atoms with Gasteiger partial charge in [0.1, 0.15) is 5.69 Å². The normalized spacial score (nSPS) is 10.9. The van der Waals surface area contributed by atoms with Gasteiger partial charge in [0.25, 0.3) is 5.91 Å². The summed E-state index contributed by atoms with van der Waals surface area (Å²) in [5.41, 5.74) is 3.28. The Labute approximate surface area is 115 Å². The summed E-state index contributed by atoms with van der Waals surface area (Å²) in [6.07, 6.45) is 3.37. The fraction of sp³-hybridized carbons (Fsp3) is 0.214. The molecule has 0 aliphatic carbocycles. The molecule has 6 heteroatoms. The van der Waals surface area contributed by atoms with Crippen molar-refractivity contribution < 1.29 is 4.79 Å². The predicted octanol–water partition coefficient (Wildman–Crippen LogP) is 2.34. The molecule has 0 atom stereocenters. The van der Waals surface area contributed by atoms with Gasteiger partial charge in [0, 0.05) is 23.8 Å². The number of hydrogen-bond acceptors (Lipinski definition) is 3. The van der Waals surface area contributed by atoms with Gasteiger partial charge in [-0.1, -0.05) is 0 Å². The van der Waals surface area contributed by atoms with Gasteiger partial charge in [-0.3, -0.25) is 14.6 Å². The quantitative estimate of drug-likeness (QED) is 0.766. The molecular weight excluding hydrogens is 254 g/mol. The summed E-state index contributed by atoms with van der Waals surface area (Å²) in [6.45, 7) is 4.56. The first kappa shape index (κ1) is 12.4. The van der Waals surface area contributed by atoms with E-state index in [9.17, 15) is 4.79 Å². The number of aryl methyl sites for hydroxylation is 2. The molecule has 20 heavy (non-hydrogen) atoms. The number of hydrogen-bond donors (Lipinski definition) is 2. The van der Waals surface area contributed by atoms with E-state index in [0.29, 0.717) is 12.2 Å². The first-order valence-electron chi connectivity index (χ1n) is 6.46. The topological polar surface area (TPSA) is 75.6 Å². The number of aromatic amines is 1. The molecule has 6 nitrogen and oxygen atoms in total. The molecule has 0 saturated carbocycles. The molecule has 2 heterocycles. The van der Waals surface area contributed by atoms with Crippen LogP contribution in [0.1, 0.15) is 23.0 Å². The summed E-state index contributed by atoms with van der Waals surface area (Å²) in [5, 5.41) is 14.9. The van der Waals surface area contributed by atoms with Crippen molar-refractivity contribution in [1.29, 1.82) is 0 Å². The van der Waals surface area contributed by atoms with Gasteiger partial charge in [0.15, 0.2) is 0 Å². The molecule has 0 aliphatic rings. The number of benzene rings is 1. The number of carbonyl (C=O) groups excluding carboxylic acids is 1. The van der Waals surface area contributed by atoms with Crippen LogP contribution in [0.25, 0.3) is 10.9 Å². The molecule has 102 valence electrons. The van der Waals surface area contributed by atoms with Gasteiger partial charge in [-0.05, 0) is 37.6 Å². The van der Waals surface area contributed by atoms with Crippen molar-refractivity contribution in [3.8, 4) is 0 Å². The minimum absolute atomic E-state index is 0.157. The maximum Gasteiger partial charge on any atom is 0.273 e. The molecule has 0 aliphatic heterocycles. The van der Waals surface area contributed by atoms with Crippen molar-refractivity contribution >= 4 is 22.5 Å². The van der Waals surface area contributed by atoms with Crippen molar-refractivity contribution in [3.05, 3.63) is 41.9 Å². The number of anilines is 1. The first-order chi connectivity index (χ1) is 9.69. The van der Waals surface area contributed by atoms with E-state index in [-0.39, 0.29) is 5.91 Å². The average molecular weight is 269 g/mol. The minimum Gasteiger partial charge on any atom is -0.320 e. The van der Waals surface area contributed by atoms with Crippen molar-refractivity contribution in [3.63, 3.8) is 0 Å². The second kappa shape index (κ2) is 4.80. The fourth-order valence-corrected chi connectivity index (χ4v) is 2.20. The lowest BCUT2D eigenvalue weighted by atomic mass is 10.1. The van der Waals surface area contributed by atoms with E-state index in [0.717, 1.165) is 22.2 Å². The van der Waals surface area contributed by atoms with Crippen LogP contribution in [0.5, 0.6) is 0 Å². The number of nitrogens with one attached hydrogen (secondary N) is 2.